The normalized spacial score (nSPS) is 10.3. The van der Waals surface area contributed by atoms with E-state index >= 15 is 0 Å². The van der Waals surface area contributed by atoms with Crippen molar-refractivity contribution in [3.63, 3.8) is 0 Å². The number of carbonyl (C=O) groups is 1. The molecule has 0 saturated heterocycles. The maximum Gasteiger partial charge on any atom is 0.251 e. The Morgan fingerprint density at radius 1 is 1.18 bits per heavy atom. The summed E-state index contributed by atoms with van der Waals surface area (Å²) < 4.78 is 0. The molecule has 0 unspecified atom stereocenters. The van der Waals surface area contributed by atoms with Crippen LogP contribution in [0.15, 0.2) is 18.2 Å². The molecule has 0 atom stereocenters. The van der Waals surface area contributed by atoms with Gasteiger partial charge in [0.2, 0.25) is 0 Å². The maximum atomic E-state index is 11.9. The first kappa shape index (κ1) is 13.7. The van der Waals surface area contributed by atoms with E-state index in [0.29, 0.717) is 6.54 Å². The molecule has 3 heteroatoms. The van der Waals surface area contributed by atoms with E-state index in [1.54, 1.807) is 0 Å². The van der Waals surface area contributed by atoms with Gasteiger partial charge in [-0.3, -0.25) is 4.79 Å². The van der Waals surface area contributed by atoms with E-state index in [1.807, 2.05) is 32.0 Å². The third kappa shape index (κ3) is 4.57. The summed E-state index contributed by atoms with van der Waals surface area (Å²) in [6.07, 6.45) is 1.12. The topological polar surface area (TPSA) is 41.1 Å². The molecule has 1 amide bonds. The molecule has 0 aromatic heterocycles. The molecule has 3 nitrogen and oxygen atoms in total. The van der Waals surface area contributed by atoms with Gasteiger partial charge in [-0.25, -0.2) is 0 Å². The van der Waals surface area contributed by atoms with Crippen molar-refractivity contribution in [2.75, 3.05) is 19.6 Å². The Labute approximate surface area is 104 Å². The Kier molecular flexibility index (Phi) is 5.70. The van der Waals surface area contributed by atoms with Crippen molar-refractivity contribution < 1.29 is 4.79 Å². The number of benzene rings is 1. The second-order valence-electron chi connectivity index (χ2n) is 4.32. The summed E-state index contributed by atoms with van der Waals surface area (Å²) in [5, 5.41) is 6.17. The second kappa shape index (κ2) is 7.07. The van der Waals surface area contributed by atoms with Crippen molar-refractivity contribution in [3.8, 4) is 0 Å². The van der Waals surface area contributed by atoms with Gasteiger partial charge in [0.05, 0.1) is 0 Å². The van der Waals surface area contributed by atoms with Gasteiger partial charge in [0, 0.05) is 18.7 Å². The molecule has 0 saturated carbocycles. The van der Waals surface area contributed by atoms with Crippen molar-refractivity contribution in [3.05, 3.63) is 34.9 Å². The average molecular weight is 234 g/mol. The lowest BCUT2D eigenvalue weighted by Crippen LogP contribution is -2.32. The van der Waals surface area contributed by atoms with Crippen molar-refractivity contribution in [1.29, 1.82) is 0 Å². The molecule has 0 spiro atoms. The molecular formula is C14H22N2O. The molecule has 1 aromatic rings. The number of nitrogens with one attached hydrogen (secondary N) is 2. The molecule has 17 heavy (non-hydrogen) atoms. The van der Waals surface area contributed by atoms with Crippen LogP contribution in [-0.4, -0.2) is 25.5 Å². The molecule has 0 aliphatic carbocycles. The highest BCUT2D eigenvalue weighted by Gasteiger charge is 2.07. The standard InChI is InChI=1S/C14H22N2O/c1-4-7-15-8-9-16-14(17)13-6-5-11(2)10-12(13)3/h5-6,10,15H,4,7-9H2,1-3H3,(H,16,17). The summed E-state index contributed by atoms with van der Waals surface area (Å²) in [6, 6.07) is 5.89. The highest BCUT2D eigenvalue weighted by atomic mass is 16.1. The maximum absolute atomic E-state index is 11.9. The van der Waals surface area contributed by atoms with Crippen LogP contribution in [0.1, 0.15) is 34.8 Å². The van der Waals surface area contributed by atoms with Crippen LogP contribution in [0.3, 0.4) is 0 Å². The fourth-order valence-corrected chi connectivity index (χ4v) is 1.73. The Morgan fingerprint density at radius 2 is 1.94 bits per heavy atom. The molecular weight excluding hydrogens is 212 g/mol. The second-order valence-corrected chi connectivity index (χ2v) is 4.32. The van der Waals surface area contributed by atoms with Crippen LogP contribution >= 0.6 is 0 Å². The first-order valence-electron chi connectivity index (χ1n) is 6.21. The Balaban J connectivity index is 2.42. The van der Waals surface area contributed by atoms with Crippen molar-refractivity contribution in [2.45, 2.75) is 27.2 Å². The van der Waals surface area contributed by atoms with Crippen molar-refractivity contribution in [2.24, 2.45) is 0 Å². The van der Waals surface area contributed by atoms with E-state index in [1.165, 1.54) is 5.56 Å². The Morgan fingerprint density at radius 3 is 2.59 bits per heavy atom. The molecule has 0 fully saturated rings. The fourth-order valence-electron chi connectivity index (χ4n) is 1.73. The molecule has 94 valence electrons. The molecule has 1 rings (SSSR count). The van der Waals surface area contributed by atoms with Gasteiger partial charge in [0.1, 0.15) is 0 Å². The molecule has 2 N–H and O–H groups in total. The van der Waals surface area contributed by atoms with E-state index < -0.39 is 0 Å². The minimum Gasteiger partial charge on any atom is -0.351 e. The molecule has 0 radical (unpaired) electrons. The average Bonchev–Trinajstić information content (AvgIpc) is 2.28. The minimum absolute atomic E-state index is 0.0146. The lowest BCUT2D eigenvalue weighted by atomic mass is 10.1. The first-order chi connectivity index (χ1) is 8.15. The lowest BCUT2D eigenvalue weighted by Gasteiger charge is -2.08. The quantitative estimate of drug-likeness (QED) is 0.739. The largest absolute Gasteiger partial charge is 0.351 e. The predicted molar refractivity (Wildman–Crippen MR) is 71.4 cm³/mol. The van der Waals surface area contributed by atoms with Gasteiger partial charge in [-0.2, -0.15) is 0 Å². The van der Waals surface area contributed by atoms with Gasteiger partial charge in [-0.15, -0.1) is 0 Å². The van der Waals surface area contributed by atoms with Gasteiger partial charge in [-0.1, -0.05) is 24.6 Å². The highest BCUT2D eigenvalue weighted by Crippen LogP contribution is 2.09. The zero-order valence-corrected chi connectivity index (χ0v) is 11.0. The summed E-state index contributed by atoms with van der Waals surface area (Å²) in [4.78, 5) is 11.9. The highest BCUT2D eigenvalue weighted by molar-refractivity contribution is 5.95. The van der Waals surface area contributed by atoms with E-state index in [2.05, 4.69) is 17.6 Å². The molecule has 0 bridgehead atoms. The van der Waals surface area contributed by atoms with Gasteiger partial charge >= 0.3 is 0 Å². The van der Waals surface area contributed by atoms with Crippen LogP contribution in [0.2, 0.25) is 0 Å². The summed E-state index contributed by atoms with van der Waals surface area (Å²) >= 11 is 0. The summed E-state index contributed by atoms with van der Waals surface area (Å²) in [5.74, 6) is 0.0146. The summed E-state index contributed by atoms with van der Waals surface area (Å²) in [6.45, 7) is 8.62. The van der Waals surface area contributed by atoms with Crippen LogP contribution in [-0.2, 0) is 0 Å². The van der Waals surface area contributed by atoms with Crippen LogP contribution in [0.4, 0.5) is 0 Å². The van der Waals surface area contributed by atoms with Crippen LogP contribution in [0, 0.1) is 13.8 Å². The molecule has 0 aliphatic heterocycles. The van der Waals surface area contributed by atoms with E-state index in [-0.39, 0.29) is 5.91 Å². The van der Waals surface area contributed by atoms with E-state index in [4.69, 9.17) is 0 Å². The van der Waals surface area contributed by atoms with Crippen LogP contribution in [0.5, 0.6) is 0 Å². The number of aryl methyl sites for hydroxylation is 2. The van der Waals surface area contributed by atoms with Crippen LogP contribution < -0.4 is 10.6 Å². The number of hydrogen-bond donors (Lipinski definition) is 2. The fraction of sp³-hybridized carbons (Fsp3) is 0.500. The number of hydrogen-bond acceptors (Lipinski definition) is 2. The van der Waals surface area contributed by atoms with E-state index in [9.17, 15) is 4.79 Å². The van der Waals surface area contributed by atoms with Gasteiger partial charge in [0.25, 0.3) is 5.91 Å². The zero-order chi connectivity index (χ0) is 12.7. The third-order valence-electron chi connectivity index (χ3n) is 2.64. The summed E-state index contributed by atoms with van der Waals surface area (Å²) in [7, 11) is 0. The van der Waals surface area contributed by atoms with E-state index in [0.717, 1.165) is 30.6 Å². The monoisotopic (exact) mass is 234 g/mol. The van der Waals surface area contributed by atoms with Gasteiger partial charge in [-0.05, 0) is 38.4 Å². The molecule has 0 heterocycles. The number of carbonyl (C=O) groups excluding carboxylic acids is 1. The molecule has 1 aromatic carbocycles. The third-order valence-corrected chi connectivity index (χ3v) is 2.64. The number of rotatable bonds is 6. The van der Waals surface area contributed by atoms with Gasteiger partial charge < -0.3 is 10.6 Å². The minimum atomic E-state index is 0.0146. The lowest BCUT2D eigenvalue weighted by molar-refractivity contribution is 0.0953. The Bertz CT molecular complexity index is 374. The van der Waals surface area contributed by atoms with Crippen LogP contribution in [0.25, 0.3) is 0 Å². The zero-order valence-electron chi connectivity index (χ0n) is 11.0. The Hall–Kier alpha value is -1.35. The van der Waals surface area contributed by atoms with Crippen molar-refractivity contribution in [1.82, 2.24) is 10.6 Å². The molecule has 0 aliphatic rings. The number of amides is 1. The smallest absolute Gasteiger partial charge is 0.251 e. The first-order valence-corrected chi connectivity index (χ1v) is 6.21. The SMILES string of the molecule is CCCNCCNC(=O)c1ccc(C)cc1C. The van der Waals surface area contributed by atoms with Crippen molar-refractivity contribution >= 4 is 5.91 Å². The predicted octanol–water partition coefficient (Wildman–Crippen LogP) is 2.03. The van der Waals surface area contributed by atoms with Gasteiger partial charge in [0.15, 0.2) is 0 Å². The summed E-state index contributed by atoms with van der Waals surface area (Å²) in [5.41, 5.74) is 2.98.